The lowest BCUT2D eigenvalue weighted by Gasteiger charge is -2.25. The second-order valence-electron chi connectivity index (χ2n) is 8.51. The minimum atomic E-state index is -0.281. The second kappa shape index (κ2) is 12.2. The summed E-state index contributed by atoms with van der Waals surface area (Å²) in [4.78, 5) is 14.6. The van der Waals surface area contributed by atoms with Crippen molar-refractivity contribution in [2.45, 2.75) is 26.2 Å². The SMILES string of the molecule is CCCCOCCOc1ccc(-c2ccc3c(c2)C=C(C(=O)OC)CCN3c2ccccc2)cc1. The van der Waals surface area contributed by atoms with Gasteiger partial charge in [-0.1, -0.05) is 49.7 Å². The summed E-state index contributed by atoms with van der Waals surface area (Å²) in [7, 11) is 1.43. The number of benzene rings is 3. The summed E-state index contributed by atoms with van der Waals surface area (Å²) < 4.78 is 16.4. The molecule has 35 heavy (non-hydrogen) atoms. The lowest BCUT2D eigenvalue weighted by molar-refractivity contribution is -0.136. The van der Waals surface area contributed by atoms with E-state index >= 15 is 0 Å². The van der Waals surface area contributed by atoms with E-state index in [9.17, 15) is 4.79 Å². The van der Waals surface area contributed by atoms with Crippen LogP contribution in [0.4, 0.5) is 11.4 Å². The van der Waals surface area contributed by atoms with E-state index in [0.717, 1.165) is 53.3 Å². The van der Waals surface area contributed by atoms with Crippen LogP contribution in [0.15, 0.2) is 78.4 Å². The zero-order valence-electron chi connectivity index (χ0n) is 20.5. The minimum Gasteiger partial charge on any atom is -0.491 e. The van der Waals surface area contributed by atoms with Gasteiger partial charge >= 0.3 is 5.97 Å². The number of carbonyl (C=O) groups is 1. The molecule has 0 saturated heterocycles. The van der Waals surface area contributed by atoms with Crippen LogP contribution in [-0.2, 0) is 14.3 Å². The summed E-state index contributed by atoms with van der Waals surface area (Å²) in [5, 5.41) is 0. The van der Waals surface area contributed by atoms with E-state index in [-0.39, 0.29) is 5.97 Å². The topological polar surface area (TPSA) is 48.0 Å². The summed E-state index contributed by atoms with van der Waals surface area (Å²) >= 11 is 0. The molecule has 1 heterocycles. The van der Waals surface area contributed by atoms with Gasteiger partial charge in [0.25, 0.3) is 0 Å². The Labute approximate surface area is 207 Å². The fourth-order valence-corrected chi connectivity index (χ4v) is 4.19. The molecule has 3 aromatic rings. The average molecular weight is 472 g/mol. The van der Waals surface area contributed by atoms with E-state index < -0.39 is 0 Å². The van der Waals surface area contributed by atoms with Gasteiger partial charge in [-0.25, -0.2) is 4.79 Å². The molecule has 0 saturated carbocycles. The summed E-state index contributed by atoms with van der Waals surface area (Å²) in [6.45, 7) is 4.77. The van der Waals surface area contributed by atoms with E-state index in [1.165, 1.54) is 7.11 Å². The van der Waals surface area contributed by atoms with Crippen molar-refractivity contribution in [3.8, 4) is 16.9 Å². The summed E-state index contributed by atoms with van der Waals surface area (Å²) in [5.74, 6) is 0.544. The molecule has 0 atom stereocenters. The first-order chi connectivity index (χ1) is 17.2. The maximum absolute atomic E-state index is 12.4. The van der Waals surface area contributed by atoms with Crippen molar-refractivity contribution < 1.29 is 19.0 Å². The fraction of sp³-hybridized carbons (Fsp3) is 0.300. The Hall–Kier alpha value is -3.57. The highest BCUT2D eigenvalue weighted by Gasteiger charge is 2.21. The van der Waals surface area contributed by atoms with Gasteiger partial charge in [0.15, 0.2) is 0 Å². The van der Waals surface area contributed by atoms with Crippen LogP contribution >= 0.6 is 0 Å². The molecule has 3 aromatic carbocycles. The molecule has 5 heteroatoms. The molecule has 0 N–H and O–H groups in total. The summed E-state index contributed by atoms with van der Waals surface area (Å²) in [5.41, 5.74) is 6.00. The van der Waals surface area contributed by atoms with Gasteiger partial charge in [-0.3, -0.25) is 0 Å². The van der Waals surface area contributed by atoms with Gasteiger partial charge in [0.1, 0.15) is 12.4 Å². The van der Waals surface area contributed by atoms with Gasteiger partial charge in [-0.15, -0.1) is 0 Å². The number of rotatable bonds is 10. The van der Waals surface area contributed by atoms with Crippen LogP contribution in [0, 0.1) is 0 Å². The third-order valence-electron chi connectivity index (χ3n) is 6.09. The zero-order valence-corrected chi connectivity index (χ0v) is 20.5. The maximum Gasteiger partial charge on any atom is 0.333 e. The molecule has 0 fully saturated rings. The van der Waals surface area contributed by atoms with Crippen molar-refractivity contribution >= 4 is 23.4 Å². The van der Waals surface area contributed by atoms with Crippen molar-refractivity contribution in [1.82, 2.24) is 0 Å². The number of methoxy groups -OCH3 is 1. The molecule has 0 unspecified atom stereocenters. The van der Waals surface area contributed by atoms with Crippen LogP contribution in [0.2, 0.25) is 0 Å². The first-order valence-corrected chi connectivity index (χ1v) is 12.3. The van der Waals surface area contributed by atoms with Gasteiger partial charge in [-0.05, 0) is 72.0 Å². The Bertz CT molecular complexity index is 1140. The van der Waals surface area contributed by atoms with Gasteiger partial charge in [0, 0.05) is 30.1 Å². The van der Waals surface area contributed by atoms with Crippen LogP contribution < -0.4 is 9.64 Å². The Morgan fingerprint density at radius 3 is 2.43 bits per heavy atom. The van der Waals surface area contributed by atoms with E-state index in [4.69, 9.17) is 14.2 Å². The Morgan fingerprint density at radius 2 is 1.69 bits per heavy atom. The highest BCUT2D eigenvalue weighted by molar-refractivity contribution is 5.96. The molecule has 182 valence electrons. The number of fused-ring (bicyclic) bond motifs is 1. The molecule has 5 nitrogen and oxygen atoms in total. The summed E-state index contributed by atoms with van der Waals surface area (Å²) in [6.07, 6.45) is 4.79. The lowest BCUT2D eigenvalue weighted by atomic mass is 10.00. The number of carbonyl (C=O) groups excluding carboxylic acids is 1. The molecule has 1 aliphatic rings. The number of anilines is 2. The predicted octanol–water partition coefficient (Wildman–Crippen LogP) is 6.65. The van der Waals surface area contributed by atoms with Crippen molar-refractivity contribution in [2.24, 2.45) is 0 Å². The number of hydrogen-bond donors (Lipinski definition) is 0. The number of para-hydroxylation sites is 1. The van der Waals surface area contributed by atoms with Crippen LogP contribution in [0.25, 0.3) is 17.2 Å². The number of unbranched alkanes of at least 4 members (excludes halogenated alkanes) is 1. The van der Waals surface area contributed by atoms with Crippen molar-refractivity contribution in [2.75, 3.05) is 38.4 Å². The van der Waals surface area contributed by atoms with Crippen molar-refractivity contribution in [3.63, 3.8) is 0 Å². The lowest BCUT2D eigenvalue weighted by Crippen LogP contribution is -2.19. The molecular weight excluding hydrogens is 438 g/mol. The van der Waals surface area contributed by atoms with E-state index in [1.807, 2.05) is 36.4 Å². The monoisotopic (exact) mass is 471 g/mol. The van der Waals surface area contributed by atoms with Crippen LogP contribution in [0.1, 0.15) is 31.7 Å². The largest absolute Gasteiger partial charge is 0.491 e. The molecular formula is C30H33NO4. The first kappa shape index (κ1) is 24.6. The van der Waals surface area contributed by atoms with Crippen molar-refractivity contribution in [3.05, 3.63) is 83.9 Å². The maximum atomic E-state index is 12.4. The van der Waals surface area contributed by atoms with Crippen LogP contribution in [0.5, 0.6) is 5.75 Å². The van der Waals surface area contributed by atoms with Gasteiger partial charge in [0.05, 0.1) is 13.7 Å². The average Bonchev–Trinajstić information content (AvgIpc) is 3.10. The number of ether oxygens (including phenoxy) is 3. The number of nitrogens with zero attached hydrogens (tertiary/aromatic N) is 1. The Kier molecular flexibility index (Phi) is 8.58. The molecule has 1 aliphatic heterocycles. The molecule has 0 amide bonds. The molecule has 0 aromatic heterocycles. The minimum absolute atomic E-state index is 0.281. The van der Waals surface area contributed by atoms with Gasteiger partial charge in [-0.2, -0.15) is 0 Å². The third-order valence-corrected chi connectivity index (χ3v) is 6.09. The molecule has 0 radical (unpaired) electrons. The van der Waals surface area contributed by atoms with Crippen LogP contribution in [-0.4, -0.2) is 39.4 Å². The van der Waals surface area contributed by atoms with Crippen molar-refractivity contribution in [1.29, 1.82) is 0 Å². The highest BCUT2D eigenvalue weighted by atomic mass is 16.5. The Morgan fingerprint density at radius 1 is 0.914 bits per heavy atom. The van der Waals surface area contributed by atoms with Gasteiger partial charge in [0.2, 0.25) is 0 Å². The fourth-order valence-electron chi connectivity index (χ4n) is 4.19. The molecule has 0 bridgehead atoms. The van der Waals surface area contributed by atoms with E-state index in [2.05, 4.69) is 54.3 Å². The smallest absolute Gasteiger partial charge is 0.333 e. The standard InChI is InChI=1S/C30H33NO4/c1-3-4-18-34-19-20-35-28-13-10-23(11-14-28)24-12-15-29-26(21-24)22-25(30(32)33-2)16-17-31(29)27-8-6-5-7-9-27/h5-15,21-22H,3-4,16-20H2,1-2H3. The zero-order chi connectivity index (χ0) is 24.5. The molecule has 0 spiro atoms. The quantitative estimate of drug-likeness (QED) is 0.245. The number of hydrogen-bond acceptors (Lipinski definition) is 5. The number of esters is 1. The second-order valence-corrected chi connectivity index (χ2v) is 8.51. The van der Waals surface area contributed by atoms with Crippen LogP contribution in [0.3, 0.4) is 0 Å². The van der Waals surface area contributed by atoms with E-state index in [1.54, 1.807) is 0 Å². The first-order valence-electron chi connectivity index (χ1n) is 12.3. The Balaban J connectivity index is 1.55. The third kappa shape index (κ3) is 6.31. The molecule has 0 aliphatic carbocycles. The highest BCUT2D eigenvalue weighted by Crippen LogP contribution is 2.36. The predicted molar refractivity (Wildman–Crippen MR) is 141 cm³/mol. The summed E-state index contributed by atoms with van der Waals surface area (Å²) in [6, 6.07) is 24.7. The van der Waals surface area contributed by atoms with E-state index in [0.29, 0.717) is 31.8 Å². The normalized spacial score (nSPS) is 13.0. The van der Waals surface area contributed by atoms with Gasteiger partial charge < -0.3 is 19.1 Å². The molecule has 4 rings (SSSR count).